The Hall–Kier alpha value is -1.31. The first kappa shape index (κ1) is 16.1. The van der Waals surface area contributed by atoms with Gasteiger partial charge in [0.2, 0.25) is 10.0 Å². The Kier molecular flexibility index (Phi) is 5.08. The van der Waals surface area contributed by atoms with Crippen LogP contribution in [0, 0.1) is 5.92 Å². The summed E-state index contributed by atoms with van der Waals surface area (Å²) in [5, 5.41) is 0. The quantitative estimate of drug-likeness (QED) is 0.829. The zero-order chi connectivity index (χ0) is 15.5. The van der Waals surface area contributed by atoms with E-state index in [1.54, 1.807) is 13.1 Å². The Morgan fingerprint density at radius 2 is 2.24 bits per heavy atom. The normalized spacial score (nSPS) is 19.7. The fourth-order valence-corrected chi connectivity index (χ4v) is 3.86. The lowest BCUT2D eigenvalue weighted by Crippen LogP contribution is -2.35. The number of hydrogen-bond donors (Lipinski definition) is 1. The third-order valence-corrected chi connectivity index (χ3v) is 5.51. The molecular weight excluding hydrogens is 292 g/mol. The molecule has 1 fully saturated rings. The minimum absolute atomic E-state index is 0.137. The van der Waals surface area contributed by atoms with Gasteiger partial charge in [0.05, 0.1) is 13.7 Å². The van der Waals surface area contributed by atoms with Crippen molar-refractivity contribution in [2.45, 2.75) is 17.7 Å². The molecule has 0 amide bonds. The van der Waals surface area contributed by atoms with Crippen molar-refractivity contribution >= 4 is 15.7 Å². The van der Waals surface area contributed by atoms with E-state index in [2.05, 4.69) is 0 Å². The Morgan fingerprint density at radius 1 is 1.48 bits per heavy atom. The summed E-state index contributed by atoms with van der Waals surface area (Å²) in [6.07, 6.45) is 1.96. The van der Waals surface area contributed by atoms with Gasteiger partial charge >= 0.3 is 0 Å². The van der Waals surface area contributed by atoms with Crippen LogP contribution in [0.2, 0.25) is 0 Å². The van der Waals surface area contributed by atoms with Crippen LogP contribution in [-0.2, 0) is 14.8 Å². The maximum absolute atomic E-state index is 12.7. The van der Waals surface area contributed by atoms with Gasteiger partial charge in [-0.15, -0.1) is 0 Å². The summed E-state index contributed by atoms with van der Waals surface area (Å²) < 4.78 is 37.2. The van der Waals surface area contributed by atoms with Crippen LogP contribution in [0.3, 0.4) is 0 Å². The van der Waals surface area contributed by atoms with Gasteiger partial charge < -0.3 is 15.2 Å². The number of methoxy groups -OCH3 is 1. The number of anilines is 1. The summed E-state index contributed by atoms with van der Waals surface area (Å²) >= 11 is 0. The fraction of sp³-hybridized carbons (Fsp3) is 0.571. The van der Waals surface area contributed by atoms with Gasteiger partial charge in [-0.05, 0) is 30.9 Å². The third-order valence-electron chi connectivity index (χ3n) is 3.65. The van der Waals surface area contributed by atoms with E-state index in [9.17, 15) is 8.42 Å². The summed E-state index contributed by atoms with van der Waals surface area (Å²) in [6, 6.07) is 4.56. The molecule has 0 radical (unpaired) electrons. The average Bonchev–Trinajstić information content (AvgIpc) is 2.47. The second kappa shape index (κ2) is 6.64. The van der Waals surface area contributed by atoms with Crippen molar-refractivity contribution in [1.82, 2.24) is 4.31 Å². The Labute approximate surface area is 125 Å². The van der Waals surface area contributed by atoms with Crippen molar-refractivity contribution in [3.8, 4) is 5.75 Å². The molecule has 1 aliphatic rings. The molecule has 21 heavy (non-hydrogen) atoms. The van der Waals surface area contributed by atoms with Crippen molar-refractivity contribution in [3.63, 3.8) is 0 Å². The molecule has 1 aliphatic heterocycles. The van der Waals surface area contributed by atoms with Crippen LogP contribution in [0.4, 0.5) is 5.69 Å². The molecular formula is C14H22N2O4S. The Balaban J connectivity index is 2.20. The average molecular weight is 314 g/mol. The number of ether oxygens (including phenoxy) is 2. The van der Waals surface area contributed by atoms with Crippen LogP contribution < -0.4 is 10.5 Å². The van der Waals surface area contributed by atoms with Crippen molar-refractivity contribution < 1.29 is 17.9 Å². The summed E-state index contributed by atoms with van der Waals surface area (Å²) in [4.78, 5) is 0.137. The Morgan fingerprint density at radius 3 is 2.86 bits per heavy atom. The number of benzene rings is 1. The van der Waals surface area contributed by atoms with Crippen LogP contribution in [-0.4, -0.2) is 46.6 Å². The predicted octanol–water partition coefficient (Wildman–Crippen LogP) is 1.32. The molecule has 0 spiro atoms. The first-order valence-corrected chi connectivity index (χ1v) is 8.36. The number of nitrogens with zero attached hydrogens (tertiary/aromatic N) is 1. The maximum Gasteiger partial charge on any atom is 0.246 e. The first-order valence-electron chi connectivity index (χ1n) is 6.92. The molecule has 6 nitrogen and oxygen atoms in total. The molecule has 7 heteroatoms. The smallest absolute Gasteiger partial charge is 0.246 e. The lowest BCUT2D eigenvalue weighted by atomic mass is 10.0. The largest absolute Gasteiger partial charge is 0.495 e. The highest BCUT2D eigenvalue weighted by Crippen LogP contribution is 2.29. The van der Waals surface area contributed by atoms with Crippen molar-refractivity contribution in [2.24, 2.45) is 5.92 Å². The van der Waals surface area contributed by atoms with Gasteiger partial charge in [0, 0.05) is 32.0 Å². The number of nitrogen functional groups attached to an aromatic ring is 1. The molecule has 1 atom stereocenters. The minimum Gasteiger partial charge on any atom is -0.495 e. The summed E-state index contributed by atoms with van der Waals surface area (Å²) in [6.45, 7) is 1.81. The lowest BCUT2D eigenvalue weighted by Gasteiger charge is -2.27. The molecule has 1 heterocycles. The van der Waals surface area contributed by atoms with E-state index in [-0.39, 0.29) is 16.6 Å². The second-order valence-corrected chi connectivity index (χ2v) is 7.29. The standard InChI is InChI=1S/C14H22N2O4S/c1-16(9-11-4-3-7-20-10-11)21(17,18)14-6-5-12(15)8-13(14)19-2/h5-6,8,11H,3-4,7,9-10,15H2,1-2H3. The van der Waals surface area contributed by atoms with Gasteiger partial charge in [-0.2, -0.15) is 0 Å². The van der Waals surface area contributed by atoms with E-state index in [0.29, 0.717) is 18.8 Å². The van der Waals surface area contributed by atoms with Crippen LogP contribution in [0.15, 0.2) is 23.1 Å². The number of nitrogens with two attached hydrogens (primary N) is 1. The fourth-order valence-electron chi connectivity index (χ4n) is 2.48. The van der Waals surface area contributed by atoms with E-state index in [0.717, 1.165) is 19.4 Å². The molecule has 2 rings (SSSR count). The zero-order valence-corrected chi connectivity index (χ0v) is 13.2. The van der Waals surface area contributed by atoms with Crippen molar-refractivity contribution in [3.05, 3.63) is 18.2 Å². The highest BCUT2D eigenvalue weighted by Gasteiger charge is 2.27. The lowest BCUT2D eigenvalue weighted by molar-refractivity contribution is 0.0495. The molecule has 2 N–H and O–H groups in total. The molecule has 0 bridgehead atoms. The van der Waals surface area contributed by atoms with Crippen LogP contribution in [0.25, 0.3) is 0 Å². The minimum atomic E-state index is -3.60. The third kappa shape index (κ3) is 3.66. The van der Waals surface area contributed by atoms with Crippen molar-refractivity contribution in [1.29, 1.82) is 0 Å². The molecule has 118 valence electrons. The van der Waals surface area contributed by atoms with Crippen LogP contribution in [0.5, 0.6) is 5.75 Å². The van der Waals surface area contributed by atoms with Gasteiger partial charge in [-0.3, -0.25) is 0 Å². The molecule has 0 saturated carbocycles. The van der Waals surface area contributed by atoms with Gasteiger partial charge in [0.25, 0.3) is 0 Å². The topological polar surface area (TPSA) is 81.9 Å². The van der Waals surface area contributed by atoms with Gasteiger partial charge in [-0.25, -0.2) is 12.7 Å². The van der Waals surface area contributed by atoms with E-state index in [1.807, 2.05) is 0 Å². The summed E-state index contributed by atoms with van der Waals surface area (Å²) in [5.41, 5.74) is 6.13. The van der Waals surface area contributed by atoms with Crippen molar-refractivity contribution in [2.75, 3.05) is 39.6 Å². The second-order valence-electron chi connectivity index (χ2n) is 5.28. The SMILES string of the molecule is COc1cc(N)ccc1S(=O)(=O)N(C)CC1CCCOC1. The maximum atomic E-state index is 12.7. The van der Waals surface area contributed by atoms with Crippen LogP contribution in [0.1, 0.15) is 12.8 Å². The number of sulfonamides is 1. The molecule has 1 aromatic carbocycles. The van der Waals surface area contributed by atoms with Gasteiger partial charge in [0.15, 0.2) is 0 Å². The van der Waals surface area contributed by atoms with E-state index >= 15 is 0 Å². The van der Waals surface area contributed by atoms with Gasteiger partial charge in [-0.1, -0.05) is 0 Å². The molecule has 0 aromatic heterocycles. The molecule has 1 aromatic rings. The van der Waals surface area contributed by atoms with E-state index in [4.69, 9.17) is 15.2 Å². The summed E-state index contributed by atoms with van der Waals surface area (Å²) in [5.74, 6) is 0.500. The predicted molar refractivity (Wildman–Crippen MR) is 80.8 cm³/mol. The number of rotatable bonds is 5. The first-order chi connectivity index (χ1) is 9.95. The molecule has 0 aliphatic carbocycles. The van der Waals surface area contributed by atoms with Crippen LogP contribution >= 0.6 is 0 Å². The number of hydrogen-bond acceptors (Lipinski definition) is 5. The highest BCUT2D eigenvalue weighted by molar-refractivity contribution is 7.89. The summed E-state index contributed by atoms with van der Waals surface area (Å²) in [7, 11) is -0.584. The molecule has 1 saturated heterocycles. The van der Waals surface area contributed by atoms with E-state index < -0.39 is 10.0 Å². The van der Waals surface area contributed by atoms with E-state index in [1.165, 1.54) is 23.5 Å². The van der Waals surface area contributed by atoms with Gasteiger partial charge in [0.1, 0.15) is 10.6 Å². The highest BCUT2D eigenvalue weighted by atomic mass is 32.2. The Bertz CT molecular complexity index is 583. The monoisotopic (exact) mass is 314 g/mol. The zero-order valence-electron chi connectivity index (χ0n) is 12.4. The molecule has 1 unspecified atom stereocenters.